The Labute approximate surface area is 63.8 Å². The Balaban J connectivity index is 3.62. The van der Waals surface area contributed by atoms with E-state index in [1.807, 2.05) is 6.92 Å². The highest BCUT2D eigenvalue weighted by atomic mass is 35.7. The van der Waals surface area contributed by atoms with Gasteiger partial charge in [0.2, 0.25) is 0 Å². The molecule has 0 saturated carbocycles. The predicted octanol–water partition coefficient (Wildman–Crippen LogP) is 2.94. The third-order valence-corrected chi connectivity index (χ3v) is 5.15. The minimum Gasteiger partial charge on any atom is -0.323 e. The SMILES string of the molecule is CCOS(Cl)(CC)CC. The summed E-state index contributed by atoms with van der Waals surface area (Å²) in [6.45, 7) is 6.86. The summed E-state index contributed by atoms with van der Waals surface area (Å²) in [7, 11) is 4.88. The van der Waals surface area contributed by atoms with Gasteiger partial charge in [0.15, 0.2) is 0 Å². The number of hydrogen-bond acceptors (Lipinski definition) is 1. The number of hydrogen-bond donors (Lipinski definition) is 0. The van der Waals surface area contributed by atoms with Gasteiger partial charge in [0.1, 0.15) is 0 Å². The van der Waals surface area contributed by atoms with Crippen molar-refractivity contribution in [2.45, 2.75) is 20.8 Å². The van der Waals surface area contributed by atoms with Crippen LogP contribution in [0.15, 0.2) is 0 Å². The Kier molecular flexibility index (Phi) is 4.72. The summed E-state index contributed by atoms with van der Waals surface area (Å²) in [4.78, 5) is 0. The van der Waals surface area contributed by atoms with E-state index in [2.05, 4.69) is 13.8 Å². The van der Waals surface area contributed by atoms with Gasteiger partial charge in [-0.1, -0.05) is 23.4 Å². The molecule has 0 bridgehead atoms. The topological polar surface area (TPSA) is 9.23 Å². The van der Waals surface area contributed by atoms with Gasteiger partial charge in [0, 0.05) is 11.5 Å². The molecule has 0 aromatic heterocycles. The fraction of sp³-hybridized carbons (Fsp3) is 1.00. The van der Waals surface area contributed by atoms with Crippen molar-refractivity contribution < 1.29 is 4.18 Å². The lowest BCUT2D eigenvalue weighted by Crippen LogP contribution is -2.02. The molecule has 0 fully saturated rings. The average Bonchev–Trinajstić information content (AvgIpc) is 1.89. The summed E-state index contributed by atoms with van der Waals surface area (Å²) < 4.78 is 5.38. The zero-order valence-corrected chi connectivity index (χ0v) is 7.89. The van der Waals surface area contributed by atoms with Crippen LogP contribution in [0.25, 0.3) is 0 Å². The Hall–Kier alpha value is 0.600. The Morgan fingerprint density at radius 2 is 1.67 bits per heavy atom. The standard InChI is InChI=1S/C6H15ClOS/c1-4-8-9(7,5-2)6-3/h4-6H2,1-3H3. The summed E-state index contributed by atoms with van der Waals surface area (Å²) in [5.41, 5.74) is 0. The van der Waals surface area contributed by atoms with Gasteiger partial charge in [0.05, 0.1) is 6.61 Å². The highest BCUT2D eigenvalue weighted by molar-refractivity contribution is 8.47. The van der Waals surface area contributed by atoms with E-state index in [4.69, 9.17) is 14.9 Å². The molecule has 0 aliphatic carbocycles. The molecule has 0 rings (SSSR count). The lowest BCUT2D eigenvalue weighted by Gasteiger charge is -2.28. The molecule has 0 aromatic carbocycles. The zero-order valence-electron chi connectivity index (χ0n) is 6.32. The molecule has 0 radical (unpaired) electrons. The maximum atomic E-state index is 6.07. The molecular weight excluding hydrogens is 156 g/mol. The molecular formula is C6H15ClOS. The average molecular weight is 171 g/mol. The highest BCUT2D eigenvalue weighted by Gasteiger charge is 2.14. The molecule has 3 heteroatoms. The first-order valence-corrected chi connectivity index (χ1v) is 6.03. The van der Waals surface area contributed by atoms with Gasteiger partial charge in [-0.05, 0) is 17.6 Å². The van der Waals surface area contributed by atoms with Crippen molar-refractivity contribution >= 4 is 20.2 Å². The highest BCUT2D eigenvalue weighted by Crippen LogP contribution is 2.53. The first-order chi connectivity index (χ1) is 4.18. The lowest BCUT2D eigenvalue weighted by atomic mass is 10.9. The number of rotatable bonds is 4. The van der Waals surface area contributed by atoms with Crippen LogP contribution in [0.1, 0.15) is 20.8 Å². The zero-order chi connectivity index (χ0) is 7.33. The van der Waals surface area contributed by atoms with E-state index in [-0.39, 0.29) is 0 Å². The summed E-state index contributed by atoms with van der Waals surface area (Å²) in [6.07, 6.45) is 0. The van der Waals surface area contributed by atoms with E-state index in [1.165, 1.54) is 0 Å². The summed E-state index contributed by atoms with van der Waals surface area (Å²) >= 11 is 0. The Morgan fingerprint density at radius 3 is 1.78 bits per heavy atom. The van der Waals surface area contributed by atoms with Crippen LogP contribution in [0.3, 0.4) is 0 Å². The smallest absolute Gasteiger partial charge is 0.0578 e. The van der Waals surface area contributed by atoms with Gasteiger partial charge in [-0.3, -0.25) is 0 Å². The van der Waals surface area contributed by atoms with Crippen LogP contribution in [0.2, 0.25) is 0 Å². The maximum Gasteiger partial charge on any atom is 0.0578 e. The van der Waals surface area contributed by atoms with Gasteiger partial charge in [-0.25, -0.2) is 0 Å². The molecule has 0 aliphatic heterocycles. The molecule has 1 nitrogen and oxygen atoms in total. The molecule has 0 unspecified atom stereocenters. The van der Waals surface area contributed by atoms with E-state index in [0.29, 0.717) is 0 Å². The van der Waals surface area contributed by atoms with E-state index < -0.39 is 9.52 Å². The molecule has 0 N–H and O–H groups in total. The van der Waals surface area contributed by atoms with Gasteiger partial charge in [-0.2, -0.15) is 0 Å². The fourth-order valence-electron chi connectivity index (χ4n) is 0.582. The quantitative estimate of drug-likeness (QED) is 0.631. The van der Waals surface area contributed by atoms with Gasteiger partial charge < -0.3 is 4.18 Å². The van der Waals surface area contributed by atoms with Crippen molar-refractivity contribution in [2.24, 2.45) is 0 Å². The molecule has 0 aromatic rings. The minimum absolute atomic E-state index is 0.737. The molecule has 0 saturated heterocycles. The third-order valence-electron chi connectivity index (χ3n) is 1.19. The van der Waals surface area contributed by atoms with E-state index in [1.54, 1.807) is 0 Å². The monoisotopic (exact) mass is 170 g/mol. The molecule has 0 atom stereocenters. The third kappa shape index (κ3) is 3.33. The van der Waals surface area contributed by atoms with E-state index in [9.17, 15) is 0 Å². The molecule has 0 aliphatic rings. The van der Waals surface area contributed by atoms with Crippen LogP contribution >= 0.6 is 20.2 Å². The molecule has 0 heterocycles. The normalized spacial score (nSPS) is 13.8. The number of halogens is 1. The van der Waals surface area contributed by atoms with Crippen molar-refractivity contribution in [3.05, 3.63) is 0 Å². The van der Waals surface area contributed by atoms with E-state index in [0.717, 1.165) is 18.1 Å². The van der Waals surface area contributed by atoms with Crippen LogP contribution in [0.5, 0.6) is 0 Å². The van der Waals surface area contributed by atoms with Crippen LogP contribution in [-0.4, -0.2) is 18.1 Å². The Morgan fingerprint density at radius 1 is 1.22 bits per heavy atom. The summed E-state index contributed by atoms with van der Waals surface area (Å²) in [5.74, 6) is 1.91. The van der Waals surface area contributed by atoms with Crippen molar-refractivity contribution in [3.8, 4) is 0 Å². The summed E-state index contributed by atoms with van der Waals surface area (Å²) in [5, 5.41) is 0. The van der Waals surface area contributed by atoms with Crippen molar-refractivity contribution in [3.63, 3.8) is 0 Å². The van der Waals surface area contributed by atoms with Gasteiger partial charge in [-0.15, -0.1) is 0 Å². The molecule has 0 spiro atoms. The second-order valence-electron chi connectivity index (χ2n) is 1.70. The molecule has 0 amide bonds. The second kappa shape index (κ2) is 4.42. The maximum absolute atomic E-state index is 6.07. The predicted molar refractivity (Wildman–Crippen MR) is 46.2 cm³/mol. The molecule has 9 heavy (non-hydrogen) atoms. The minimum atomic E-state index is -1.19. The summed E-state index contributed by atoms with van der Waals surface area (Å²) in [6, 6.07) is 0. The van der Waals surface area contributed by atoms with Crippen molar-refractivity contribution in [2.75, 3.05) is 18.1 Å². The van der Waals surface area contributed by atoms with Crippen LogP contribution in [0.4, 0.5) is 0 Å². The van der Waals surface area contributed by atoms with Crippen LogP contribution in [0, 0.1) is 0 Å². The fourth-order valence-corrected chi connectivity index (χ4v) is 2.01. The Bertz CT molecular complexity index is 73.5. The second-order valence-corrected chi connectivity index (χ2v) is 6.22. The van der Waals surface area contributed by atoms with E-state index >= 15 is 0 Å². The molecule has 58 valence electrons. The van der Waals surface area contributed by atoms with Crippen LogP contribution in [-0.2, 0) is 4.18 Å². The largest absolute Gasteiger partial charge is 0.323 e. The van der Waals surface area contributed by atoms with Crippen molar-refractivity contribution in [1.29, 1.82) is 0 Å². The van der Waals surface area contributed by atoms with Crippen molar-refractivity contribution in [1.82, 2.24) is 0 Å². The first-order valence-electron chi connectivity index (χ1n) is 3.31. The van der Waals surface area contributed by atoms with Crippen LogP contribution < -0.4 is 0 Å². The van der Waals surface area contributed by atoms with Gasteiger partial charge >= 0.3 is 0 Å². The van der Waals surface area contributed by atoms with Gasteiger partial charge in [0.25, 0.3) is 0 Å². The first kappa shape index (κ1) is 9.60. The lowest BCUT2D eigenvalue weighted by molar-refractivity contribution is 0.389.